The lowest BCUT2D eigenvalue weighted by atomic mass is 10.1. The van der Waals surface area contributed by atoms with Gasteiger partial charge in [-0.2, -0.15) is 5.10 Å². The Kier molecular flexibility index (Phi) is 6.82. The number of carbonyl (C=O) groups is 1. The number of aromatic nitrogens is 2. The second-order valence-corrected chi connectivity index (χ2v) is 7.71. The van der Waals surface area contributed by atoms with Crippen LogP contribution in [0.5, 0.6) is 17.2 Å². The molecular weight excluding hydrogens is 430 g/mol. The quantitative estimate of drug-likeness (QED) is 0.401. The summed E-state index contributed by atoms with van der Waals surface area (Å²) in [5.41, 5.74) is 3.64. The Morgan fingerprint density at radius 3 is 2.24 bits per heavy atom. The van der Waals surface area contributed by atoms with Gasteiger partial charge in [0.2, 0.25) is 0 Å². The predicted octanol–water partition coefficient (Wildman–Crippen LogP) is 5.06. The number of hydrogen-bond acceptors (Lipinski definition) is 5. The third-order valence-corrected chi connectivity index (χ3v) is 5.60. The van der Waals surface area contributed by atoms with Crippen molar-refractivity contribution in [2.24, 2.45) is 0 Å². The number of para-hydroxylation sites is 1. The van der Waals surface area contributed by atoms with Crippen LogP contribution in [0.2, 0.25) is 0 Å². The Balaban J connectivity index is 1.67. The minimum Gasteiger partial charge on any atom is -0.497 e. The topological polar surface area (TPSA) is 74.6 Å². The minimum atomic E-state index is -0.268. The average Bonchev–Trinajstić information content (AvgIpc) is 3.34. The molecule has 7 nitrogen and oxygen atoms in total. The smallest absolute Gasteiger partial charge is 0.255 e. The van der Waals surface area contributed by atoms with Crippen LogP contribution in [0.3, 0.4) is 0 Å². The van der Waals surface area contributed by atoms with Crippen LogP contribution in [-0.4, -0.2) is 37.0 Å². The van der Waals surface area contributed by atoms with Crippen LogP contribution in [0.1, 0.15) is 28.9 Å². The van der Waals surface area contributed by atoms with E-state index in [4.69, 9.17) is 19.3 Å². The Hall–Kier alpha value is -4.26. The highest BCUT2D eigenvalue weighted by Gasteiger charge is 2.21. The van der Waals surface area contributed by atoms with E-state index in [9.17, 15) is 4.79 Å². The molecule has 0 aliphatic heterocycles. The first-order valence-electron chi connectivity index (χ1n) is 10.9. The van der Waals surface area contributed by atoms with Gasteiger partial charge >= 0.3 is 0 Å². The van der Waals surface area contributed by atoms with Crippen molar-refractivity contribution in [2.75, 3.05) is 21.3 Å². The number of nitrogens with zero attached hydrogens (tertiary/aromatic N) is 2. The van der Waals surface area contributed by atoms with Gasteiger partial charge in [0.05, 0.1) is 38.6 Å². The van der Waals surface area contributed by atoms with Crippen LogP contribution >= 0.6 is 0 Å². The van der Waals surface area contributed by atoms with E-state index in [1.165, 1.54) is 0 Å². The summed E-state index contributed by atoms with van der Waals surface area (Å²) in [7, 11) is 4.80. The Morgan fingerprint density at radius 2 is 1.59 bits per heavy atom. The van der Waals surface area contributed by atoms with Crippen molar-refractivity contribution in [1.82, 2.24) is 15.1 Å². The number of ether oxygens (including phenoxy) is 3. The van der Waals surface area contributed by atoms with Gasteiger partial charge in [0.1, 0.15) is 11.4 Å². The summed E-state index contributed by atoms with van der Waals surface area (Å²) in [6.07, 6.45) is 1.76. The van der Waals surface area contributed by atoms with Crippen molar-refractivity contribution in [3.05, 3.63) is 90.1 Å². The van der Waals surface area contributed by atoms with Crippen molar-refractivity contribution in [3.8, 4) is 34.2 Å². The molecule has 1 unspecified atom stereocenters. The number of hydrogen-bond donors (Lipinski definition) is 1. The van der Waals surface area contributed by atoms with E-state index >= 15 is 0 Å². The fourth-order valence-electron chi connectivity index (χ4n) is 3.70. The molecule has 3 aromatic carbocycles. The number of methoxy groups -OCH3 is 3. The zero-order valence-corrected chi connectivity index (χ0v) is 19.6. The second-order valence-electron chi connectivity index (χ2n) is 7.71. The van der Waals surface area contributed by atoms with E-state index in [1.807, 2.05) is 79.7 Å². The standard InChI is InChI=1S/C27H27N3O4/c1-18(20-12-15-24(33-3)25(16-20)34-4)28-27(31)23-17-30(21-8-6-5-7-9-21)29-26(23)19-10-13-22(32-2)14-11-19/h5-18H,1-4H3,(H,28,31). The van der Waals surface area contributed by atoms with Gasteiger partial charge in [0.15, 0.2) is 11.5 Å². The van der Waals surface area contributed by atoms with Gasteiger partial charge in [-0.1, -0.05) is 24.3 Å². The lowest BCUT2D eigenvalue weighted by Gasteiger charge is -2.16. The van der Waals surface area contributed by atoms with Crippen LogP contribution < -0.4 is 19.5 Å². The molecule has 0 bridgehead atoms. The molecule has 0 aliphatic rings. The molecule has 4 aromatic rings. The Morgan fingerprint density at radius 1 is 0.882 bits per heavy atom. The van der Waals surface area contributed by atoms with Crippen LogP contribution in [0.15, 0.2) is 79.0 Å². The van der Waals surface area contributed by atoms with E-state index in [0.717, 1.165) is 22.6 Å². The molecule has 1 aromatic heterocycles. The van der Waals surface area contributed by atoms with Gasteiger partial charge in [0, 0.05) is 11.8 Å². The van der Waals surface area contributed by atoms with Crippen LogP contribution in [0, 0.1) is 0 Å². The fraction of sp³-hybridized carbons (Fsp3) is 0.185. The molecule has 0 spiro atoms. The maximum absolute atomic E-state index is 13.4. The Bertz CT molecular complexity index is 1270. The van der Waals surface area contributed by atoms with Gasteiger partial charge in [-0.25, -0.2) is 4.68 Å². The molecule has 1 atom stereocenters. The molecule has 0 aliphatic carbocycles. The molecule has 0 saturated carbocycles. The van der Waals surface area contributed by atoms with Gasteiger partial charge in [-0.3, -0.25) is 4.79 Å². The molecule has 1 amide bonds. The van der Waals surface area contributed by atoms with Crippen molar-refractivity contribution in [2.45, 2.75) is 13.0 Å². The zero-order valence-electron chi connectivity index (χ0n) is 19.6. The average molecular weight is 458 g/mol. The molecular formula is C27H27N3O4. The normalized spacial score (nSPS) is 11.5. The second kappa shape index (κ2) is 10.1. The fourth-order valence-corrected chi connectivity index (χ4v) is 3.70. The van der Waals surface area contributed by atoms with Crippen molar-refractivity contribution >= 4 is 5.91 Å². The third-order valence-electron chi connectivity index (χ3n) is 5.60. The molecule has 1 heterocycles. The van der Waals surface area contributed by atoms with E-state index < -0.39 is 0 Å². The third kappa shape index (κ3) is 4.73. The van der Waals surface area contributed by atoms with Crippen LogP contribution in [0.4, 0.5) is 0 Å². The van der Waals surface area contributed by atoms with Crippen LogP contribution in [-0.2, 0) is 0 Å². The highest BCUT2D eigenvalue weighted by molar-refractivity contribution is 6.00. The maximum Gasteiger partial charge on any atom is 0.255 e. The van der Waals surface area contributed by atoms with E-state index in [1.54, 1.807) is 32.2 Å². The Labute approximate surface area is 198 Å². The van der Waals surface area contributed by atoms with Gasteiger partial charge in [0.25, 0.3) is 5.91 Å². The highest BCUT2D eigenvalue weighted by Crippen LogP contribution is 2.31. The number of rotatable bonds is 8. The maximum atomic E-state index is 13.4. The number of amides is 1. The SMILES string of the molecule is COc1ccc(-c2nn(-c3ccccc3)cc2C(=O)NC(C)c2ccc(OC)c(OC)c2)cc1. The minimum absolute atomic E-state index is 0.227. The summed E-state index contributed by atoms with van der Waals surface area (Å²) in [4.78, 5) is 13.4. The van der Waals surface area contributed by atoms with Gasteiger partial charge in [-0.05, 0) is 61.0 Å². The van der Waals surface area contributed by atoms with E-state index in [-0.39, 0.29) is 11.9 Å². The summed E-state index contributed by atoms with van der Waals surface area (Å²) < 4.78 is 17.7. The summed E-state index contributed by atoms with van der Waals surface area (Å²) in [6.45, 7) is 1.92. The van der Waals surface area contributed by atoms with E-state index in [0.29, 0.717) is 22.8 Å². The summed E-state index contributed by atoms with van der Waals surface area (Å²) >= 11 is 0. The van der Waals surface area contributed by atoms with Gasteiger partial charge < -0.3 is 19.5 Å². The predicted molar refractivity (Wildman–Crippen MR) is 131 cm³/mol. The highest BCUT2D eigenvalue weighted by atomic mass is 16.5. The van der Waals surface area contributed by atoms with Crippen molar-refractivity contribution < 1.29 is 19.0 Å². The largest absolute Gasteiger partial charge is 0.497 e. The monoisotopic (exact) mass is 457 g/mol. The number of benzene rings is 3. The lowest BCUT2D eigenvalue weighted by molar-refractivity contribution is 0.0940. The first-order chi connectivity index (χ1) is 16.5. The number of nitrogens with one attached hydrogen (secondary N) is 1. The molecule has 4 rings (SSSR count). The summed E-state index contributed by atoms with van der Waals surface area (Å²) in [6, 6.07) is 22.5. The molecule has 1 N–H and O–H groups in total. The summed E-state index contributed by atoms with van der Waals surface area (Å²) in [5.74, 6) is 1.75. The van der Waals surface area contributed by atoms with Gasteiger partial charge in [-0.15, -0.1) is 0 Å². The molecule has 0 radical (unpaired) electrons. The number of carbonyl (C=O) groups excluding carboxylic acids is 1. The van der Waals surface area contributed by atoms with Crippen molar-refractivity contribution in [1.29, 1.82) is 0 Å². The first kappa shape index (κ1) is 22.9. The molecule has 174 valence electrons. The first-order valence-corrected chi connectivity index (χ1v) is 10.9. The van der Waals surface area contributed by atoms with Crippen LogP contribution in [0.25, 0.3) is 16.9 Å². The molecule has 7 heteroatoms. The van der Waals surface area contributed by atoms with Crippen molar-refractivity contribution in [3.63, 3.8) is 0 Å². The van der Waals surface area contributed by atoms with E-state index in [2.05, 4.69) is 5.32 Å². The summed E-state index contributed by atoms with van der Waals surface area (Å²) in [5, 5.41) is 7.82. The zero-order chi connectivity index (χ0) is 24.1. The lowest BCUT2D eigenvalue weighted by Crippen LogP contribution is -2.26. The molecule has 34 heavy (non-hydrogen) atoms. The molecule has 0 fully saturated rings. The molecule has 0 saturated heterocycles.